The summed E-state index contributed by atoms with van der Waals surface area (Å²) >= 11 is 0. The predicted octanol–water partition coefficient (Wildman–Crippen LogP) is 4.21. The van der Waals surface area contributed by atoms with Gasteiger partial charge in [-0.1, -0.05) is 24.3 Å². The van der Waals surface area contributed by atoms with Gasteiger partial charge in [0.15, 0.2) is 28.8 Å². The first-order valence-corrected chi connectivity index (χ1v) is 9.84. The zero-order chi connectivity index (χ0) is 23.5. The summed E-state index contributed by atoms with van der Waals surface area (Å²) in [4.78, 5) is 12.7. The fraction of sp³-hybridized carbons (Fsp3) is 0.240. The molecule has 0 spiro atoms. The summed E-state index contributed by atoms with van der Waals surface area (Å²) in [5.74, 6) is 1.60. The molecule has 0 aliphatic carbocycles. The Bertz CT molecular complexity index is 1020. The molecule has 0 unspecified atom stereocenters. The van der Waals surface area contributed by atoms with Gasteiger partial charge in [0.25, 0.3) is 0 Å². The number of benzene rings is 2. The Balaban J connectivity index is 2.26. The predicted molar refractivity (Wildman–Crippen MR) is 124 cm³/mol. The van der Waals surface area contributed by atoms with Crippen molar-refractivity contribution in [2.75, 3.05) is 35.0 Å². The van der Waals surface area contributed by atoms with Crippen molar-refractivity contribution >= 4 is 17.9 Å². The second kappa shape index (κ2) is 12.2. The molecule has 2 aromatic carbocycles. The number of ketones is 1. The summed E-state index contributed by atoms with van der Waals surface area (Å²) in [6.07, 6.45) is 6.01. The topological polar surface area (TPSA) is 94.5 Å². The molecule has 0 heterocycles. The number of hydrogen-bond acceptors (Lipinski definition) is 7. The molecular formula is C25H28O7. The van der Waals surface area contributed by atoms with Crippen LogP contribution in [0.2, 0.25) is 0 Å². The van der Waals surface area contributed by atoms with Crippen molar-refractivity contribution in [2.24, 2.45) is 0 Å². The molecule has 0 amide bonds. The van der Waals surface area contributed by atoms with Gasteiger partial charge in [-0.15, -0.1) is 0 Å². The Hall–Kier alpha value is -3.71. The van der Waals surface area contributed by atoms with E-state index in [2.05, 4.69) is 0 Å². The van der Waals surface area contributed by atoms with E-state index in [1.165, 1.54) is 26.4 Å². The highest BCUT2D eigenvalue weighted by Gasteiger charge is 2.12. The Labute approximate surface area is 187 Å². The van der Waals surface area contributed by atoms with Gasteiger partial charge in [0, 0.05) is 18.6 Å². The summed E-state index contributed by atoms with van der Waals surface area (Å²) in [6, 6.07) is 10.5. The third-order valence-corrected chi connectivity index (χ3v) is 4.64. The van der Waals surface area contributed by atoms with Gasteiger partial charge in [-0.3, -0.25) is 4.79 Å². The summed E-state index contributed by atoms with van der Waals surface area (Å²) < 4.78 is 20.9. The molecule has 0 fully saturated rings. The van der Waals surface area contributed by atoms with Crippen molar-refractivity contribution in [2.45, 2.75) is 6.42 Å². The maximum absolute atomic E-state index is 12.7. The van der Waals surface area contributed by atoms with Gasteiger partial charge in [0.1, 0.15) is 5.76 Å². The van der Waals surface area contributed by atoms with E-state index < -0.39 is 5.78 Å². The normalized spacial score (nSPS) is 12.0. The highest BCUT2D eigenvalue weighted by molar-refractivity contribution is 6.07. The van der Waals surface area contributed by atoms with Crippen molar-refractivity contribution in [3.8, 4) is 23.0 Å². The summed E-state index contributed by atoms with van der Waals surface area (Å²) in [5.41, 5.74) is 1.56. The number of carbonyl (C=O) groups is 1. The molecule has 2 rings (SSSR count). The van der Waals surface area contributed by atoms with Crippen molar-refractivity contribution in [1.29, 1.82) is 0 Å². The van der Waals surface area contributed by atoms with Crippen molar-refractivity contribution < 1.29 is 34.0 Å². The molecule has 2 aromatic rings. The lowest BCUT2D eigenvalue weighted by Crippen LogP contribution is -2.04. The summed E-state index contributed by atoms with van der Waals surface area (Å²) in [6.45, 7) is -0.278. The van der Waals surface area contributed by atoms with Gasteiger partial charge in [-0.2, -0.15) is 0 Å². The van der Waals surface area contributed by atoms with E-state index in [4.69, 9.17) is 18.9 Å². The standard InChI is InChI=1S/C25H28O7/c1-29-22-11-7-17(15-24(22)31-3)5-9-20(27)19(13-14-26)21(28)10-6-18-8-12-23(30-2)25(16-18)32-4/h5-12,15-16,26-27H,13-14H2,1-4H3/b9-5+,10-6+,20-19-. The van der Waals surface area contributed by atoms with Crippen LogP contribution in [-0.2, 0) is 4.79 Å². The van der Waals surface area contributed by atoms with Crippen LogP contribution in [0.4, 0.5) is 0 Å². The first-order valence-electron chi connectivity index (χ1n) is 9.84. The third kappa shape index (κ3) is 6.39. The van der Waals surface area contributed by atoms with Crippen LogP contribution in [0.1, 0.15) is 17.5 Å². The van der Waals surface area contributed by atoms with Crippen molar-refractivity contribution in [3.63, 3.8) is 0 Å². The van der Waals surface area contributed by atoms with Gasteiger partial charge in [0.05, 0.1) is 28.4 Å². The van der Waals surface area contributed by atoms with E-state index in [0.717, 1.165) is 11.1 Å². The first kappa shape index (κ1) is 24.6. The van der Waals surface area contributed by atoms with Crippen LogP contribution in [0.25, 0.3) is 12.2 Å². The van der Waals surface area contributed by atoms with Crippen molar-refractivity contribution in [1.82, 2.24) is 0 Å². The molecule has 7 heteroatoms. The van der Waals surface area contributed by atoms with E-state index in [-0.39, 0.29) is 24.4 Å². The van der Waals surface area contributed by atoms with Gasteiger partial charge in [-0.25, -0.2) is 0 Å². The lowest BCUT2D eigenvalue weighted by molar-refractivity contribution is -0.111. The van der Waals surface area contributed by atoms with Crippen molar-refractivity contribution in [3.05, 3.63) is 71.0 Å². The molecule has 0 aromatic heterocycles. The number of rotatable bonds is 11. The molecule has 170 valence electrons. The van der Waals surface area contributed by atoms with Crippen LogP contribution in [0, 0.1) is 0 Å². The molecule has 0 saturated carbocycles. The second-order valence-corrected chi connectivity index (χ2v) is 6.60. The molecule has 2 N–H and O–H groups in total. The Kier molecular flexibility index (Phi) is 9.38. The van der Waals surface area contributed by atoms with Crippen LogP contribution < -0.4 is 18.9 Å². The van der Waals surface area contributed by atoms with Gasteiger partial charge in [0.2, 0.25) is 0 Å². The Morgan fingerprint density at radius 3 is 1.69 bits per heavy atom. The van der Waals surface area contributed by atoms with E-state index in [1.54, 1.807) is 62.8 Å². The zero-order valence-corrected chi connectivity index (χ0v) is 18.6. The Morgan fingerprint density at radius 1 is 0.781 bits per heavy atom. The maximum Gasteiger partial charge on any atom is 0.185 e. The van der Waals surface area contributed by atoms with Crippen LogP contribution in [0.15, 0.2) is 59.9 Å². The highest BCUT2D eigenvalue weighted by atomic mass is 16.5. The van der Waals surface area contributed by atoms with Crippen LogP contribution in [-0.4, -0.2) is 51.0 Å². The molecule has 0 saturated heterocycles. The SMILES string of the molecule is COc1ccc(/C=C/C(=O)/C(CCO)=C(O)/C=C/c2ccc(OC)c(OC)c2)cc1OC. The molecule has 0 aliphatic rings. The fourth-order valence-corrected chi connectivity index (χ4v) is 2.95. The van der Waals surface area contributed by atoms with E-state index in [0.29, 0.717) is 23.0 Å². The number of ether oxygens (including phenoxy) is 4. The molecular weight excluding hydrogens is 412 g/mol. The summed E-state index contributed by atoms with van der Waals surface area (Å²) in [7, 11) is 6.15. The summed E-state index contributed by atoms with van der Waals surface area (Å²) in [5, 5.41) is 19.8. The van der Waals surface area contributed by atoms with E-state index in [9.17, 15) is 15.0 Å². The smallest absolute Gasteiger partial charge is 0.185 e. The minimum atomic E-state index is -0.414. The fourth-order valence-electron chi connectivity index (χ4n) is 2.95. The van der Waals surface area contributed by atoms with Crippen LogP contribution in [0.5, 0.6) is 23.0 Å². The number of aliphatic hydroxyl groups is 2. The monoisotopic (exact) mass is 440 g/mol. The quantitative estimate of drug-likeness (QED) is 0.307. The number of hydrogen-bond donors (Lipinski definition) is 2. The lowest BCUT2D eigenvalue weighted by atomic mass is 10.0. The van der Waals surface area contributed by atoms with E-state index in [1.807, 2.05) is 0 Å². The number of methoxy groups -OCH3 is 4. The molecule has 0 radical (unpaired) electrons. The van der Waals surface area contributed by atoms with E-state index >= 15 is 0 Å². The minimum absolute atomic E-state index is 0.0111. The van der Waals surface area contributed by atoms with Crippen LogP contribution >= 0.6 is 0 Å². The molecule has 0 atom stereocenters. The van der Waals surface area contributed by atoms with Gasteiger partial charge < -0.3 is 29.2 Å². The van der Waals surface area contributed by atoms with Gasteiger partial charge in [-0.05, 0) is 47.5 Å². The van der Waals surface area contributed by atoms with Gasteiger partial charge >= 0.3 is 0 Å². The average molecular weight is 440 g/mol. The number of carbonyl (C=O) groups excluding carboxylic acids is 1. The second-order valence-electron chi connectivity index (χ2n) is 6.60. The first-order chi connectivity index (χ1) is 15.5. The average Bonchev–Trinajstić information content (AvgIpc) is 2.83. The number of aliphatic hydroxyl groups excluding tert-OH is 2. The lowest BCUT2D eigenvalue weighted by Gasteiger charge is -2.08. The Morgan fingerprint density at radius 2 is 1.25 bits per heavy atom. The third-order valence-electron chi connectivity index (χ3n) is 4.64. The zero-order valence-electron chi connectivity index (χ0n) is 18.6. The number of allylic oxidation sites excluding steroid dienone is 2. The maximum atomic E-state index is 12.7. The molecule has 7 nitrogen and oxygen atoms in total. The molecule has 32 heavy (non-hydrogen) atoms. The largest absolute Gasteiger partial charge is 0.508 e. The molecule has 0 aliphatic heterocycles. The minimum Gasteiger partial charge on any atom is -0.508 e. The highest BCUT2D eigenvalue weighted by Crippen LogP contribution is 2.29. The van der Waals surface area contributed by atoms with Crippen LogP contribution in [0.3, 0.4) is 0 Å². The molecule has 0 bridgehead atoms.